The van der Waals surface area contributed by atoms with Crippen molar-refractivity contribution in [1.29, 1.82) is 0 Å². The van der Waals surface area contributed by atoms with Crippen LogP contribution in [0.25, 0.3) is 0 Å². The molecule has 5 nitrogen and oxygen atoms in total. The van der Waals surface area contributed by atoms with Crippen molar-refractivity contribution < 1.29 is 0 Å². The summed E-state index contributed by atoms with van der Waals surface area (Å²) in [6.07, 6.45) is 3.19. The van der Waals surface area contributed by atoms with E-state index in [1.807, 2.05) is 0 Å². The van der Waals surface area contributed by atoms with Crippen molar-refractivity contribution in [2.75, 3.05) is 0 Å². The fraction of sp³-hybridized carbons (Fsp3) is 0.250. The van der Waals surface area contributed by atoms with Gasteiger partial charge in [-0.25, -0.2) is 4.98 Å². The van der Waals surface area contributed by atoms with Crippen LogP contribution in [0, 0.1) is 6.92 Å². The van der Waals surface area contributed by atoms with Crippen LogP contribution in [0.1, 0.15) is 5.69 Å². The van der Waals surface area contributed by atoms with Gasteiger partial charge in [-0.1, -0.05) is 6.07 Å². The Balaban J connectivity index is 2.22. The molecule has 0 atom stereocenters. The van der Waals surface area contributed by atoms with Crippen LogP contribution in [0.5, 0.6) is 0 Å². The average Bonchev–Trinajstić information content (AvgIpc) is 2.37. The van der Waals surface area contributed by atoms with E-state index in [0.717, 1.165) is 0 Å². The summed E-state index contributed by atoms with van der Waals surface area (Å²) in [5, 5.41) is 0. The van der Waals surface area contributed by atoms with Crippen LogP contribution in [0.3, 0.4) is 0 Å². The van der Waals surface area contributed by atoms with Crippen LogP contribution in [-0.2, 0) is 13.1 Å². The molecular weight excluding hydrogens is 298 g/mol. The molecule has 2 aromatic rings. The molecule has 0 amide bonds. The summed E-state index contributed by atoms with van der Waals surface area (Å²) >= 11 is 3.21. The molecule has 0 N–H and O–H groups in total. The molecule has 2 heterocycles. The lowest BCUT2D eigenvalue weighted by atomic mass is 10.4. The van der Waals surface area contributed by atoms with Gasteiger partial charge in [-0.15, -0.1) is 0 Å². The van der Waals surface area contributed by atoms with Gasteiger partial charge in [0.25, 0.3) is 11.1 Å². The molecule has 6 heteroatoms. The van der Waals surface area contributed by atoms with Gasteiger partial charge in [0.1, 0.15) is 4.47 Å². The van der Waals surface area contributed by atoms with E-state index in [1.54, 1.807) is 29.8 Å². The van der Waals surface area contributed by atoms with E-state index in [1.165, 1.54) is 17.0 Å². The molecule has 0 saturated carbocycles. The summed E-state index contributed by atoms with van der Waals surface area (Å²) in [4.78, 5) is 27.5. The average molecular weight is 310 g/mol. The van der Waals surface area contributed by atoms with Gasteiger partial charge in [-0.3, -0.25) is 14.2 Å². The third-order valence-corrected chi connectivity index (χ3v) is 3.55. The highest BCUT2D eigenvalue weighted by Crippen LogP contribution is 2.05. The fourth-order valence-electron chi connectivity index (χ4n) is 1.57. The van der Waals surface area contributed by atoms with Crippen LogP contribution < -0.4 is 11.1 Å². The normalized spacial score (nSPS) is 10.6. The van der Waals surface area contributed by atoms with Crippen molar-refractivity contribution in [3.63, 3.8) is 0 Å². The number of rotatable bonds is 3. The quantitative estimate of drug-likeness (QED) is 0.855. The Morgan fingerprint density at radius 3 is 2.67 bits per heavy atom. The highest BCUT2D eigenvalue weighted by Gasteiger charge is 2.05. The molecule has 0 aliphatic carbocycles. The Labute approximate surface area is 112 Å². The Kier molecular flexibility index (Phi) is 3.76. The standard InChI is InChI=1S/C12H12BrN3O2/c1-9-11(13)12(18)16(8-14-9)7-6-15-5-3-2-4-10(15)17/h2-5,8H,6-7H2,1H3. The molecule has 0 spiro atoms. The van der Waals surface area contributed by atoms with Crippen molar-refractivity contribution in [1.82, 2.24) is 14.1 Å². The maximum atomic E-state index is 11.9. The van der Waals surface area contributed by atoms with E-state index in [4.69, 9.17) is 0 Å². The SMILES string of the molecule is Cc1ncn(CCn2ccccc2=O)c(=O)c1Br. The number of aromatic nitrogens is 3. The minimum absolute atomic E-state index is 0.0790. The number of nitrogens with zero attached hydrogens (tertiary/aromatic N) is 3. The zero-order valence-electron chi connectivity index (χ0n) is 9.84. The summed E-state index contributed by atoms with van der Waals surface area (Å²) in [6.45, 7) is 2.61. The second kappa shape index (κ2) is 5.30. The lowest BCUT2D eigenvalue weighted by molar-refractivity contribution is 0.544. The first-order chi connectivity index (χ1) is 8.59. The molecule has 0 aromatic carbocycles. The summed E-state index contributed by atoms with van der Waals surface area (Å²) in [5.74, 6) is 0. The number of pyridine rings is 1. The Morgan fingerprint density at radius 1 is 1.22 bits per heavy atom. The van der Waals surface area contributed by atoms with Gasteiger partial charge in [-0.05, 0) is 28.9 Å². The molecule has 94 valence electrons. The molecule has 0 aliphatic rings. The van der Waals surface area contributed by atoms with Gasteiger partial charge in [0, 0.05) is 25.4 Å². The van der Waals surface area contributed by atoms with Gasteiger partial charge in [0.2, 0.25) is 0 Å². The zero-order valence-corrected chi connectivity index (χ0v) is 11.4. The molecule has 2 aromatic heterocycles. The first-order valence-corrected chi connectivity index (χ1v) is 6.26. The summed E-state index contributed by atoms with van der Waals surface area (Å²) in [7, 11) is 0. The van der Waals surface area contributed by atoms with E-state index >= 15 is 0 Å². The van der Waals surface area contributed by atoms with Crippen molar-refractivity contribution in [3.05, 3.63) is 61.6 Å². The van der Waals surface area contributed by atoms with Crippen LogP contribution in [0.15, 0.2) is 44.8 Å². The molecule has 18 heavy (non-hydrogen) atoms. The first-order valence-electron chi connectivity index (χ1n) is 5.46. The predicted octanol–water partition coefficient (Wildman–Crippen LogP) is 1.18. The van der Waals surface area contributed by atoms with E-state index < -0.39 is 0 Å². The third kappa shape index (κ3) is 2.59. The molecule has 0 bridgehead atoms. The maximum absolute atomic E-state index is 11.9. The number of hydrogen-bond acceptors (Lipinski definition) is 3. The van der Waals surface area contributed by atoms with E-state index in [0.29, 0.717) is 23.3 Å². The van der Waals surface area contributed by atoms with Gasteiger partial charge >= 0.3 is 0 Å². The second-order valence-electron chi connectivity index (χ2n) is 3.87. The molecule has 0 radical (unpaired) electrons. The lowest BCUT2D eigenvalue weighted by Crippen LogP contribution is -2.27. The highest BCUT2D eigenvalue weighted by atomic mass is 79.9. The molecule has 0 saturated heterocycles. The fourth-order valence-corrected chi connectivity index (χ4v) is 1.90. The molecule has 2 rings (SSSR count). The molecule has 0 aliphatic heterocycles. The van der Waals surface area contributed by atoms with Crippen molar-refractivity contribution >= 4 is 15.9 Å². The van der Waals surface area contributed by atoms with Crippen LogP contribution in [0.4, 0.5) is 0 Å². The van der Waals surface area contributed by atoms with Gasteiger partial charge in [0.15, 0.2) is 0 Å². The van der Waals surface area contributed by atoms with Crippen LogP contribution in [-0.4, -0.2) is 14.1 Å². The summed E-state index contributed by atoms with van der Waals surface area (Å²) in [5.41, 5.74) is 0.448. The van der Waals surface area contributed by atoms with Crippen molar-refractivity contribution in [2.24, 2.45) is 0 Å². The topological polar surface area (TPSA) is 56.9 Å². The largest absolute Gasteiger partial charge is 0.314 e. The Morgan fingerprint density at radius 2 is 1.94 bits per heavy atom. The number of hydrogen-bond donors (Lipinski definition) is 0. The highest BCUT2D eigenvalue weighted by molar-refractivity contribution is 9.10. The molecule has 0 unspecified atom stereocenters. The second-order valence-corrected chi connectivity index (χ2v) is 4.67. The predicted molar refractivity (Wildman–Crippen MR) is 71.6 cm³/mol. The third-order valence-electron chi connectivity index (χ3n) is 2.64. The van der Waals surface area contributed by atoms with Crippen molar-refractivity contribution in [2.45, 2.75) is 20.0 Å². The molecular formula is C12H12BrN3O2. The Hall–Kier alpha value is -1.69. The minimum Gasteiger partial charge on any atom is -0.314 e. The van der Waals surface area contributed by atoms with E-state index in [9.17, 15) is 9.59 Å². The zero-order chi connectivity index (χ0) is 13.1. The summed E-state index contributed by atoms with van der Waals surface area (Å²) < 4.78 is 3.50. The van der Waals surface area contributed by atoms with Crippen molar-refractivity contribution in [3.8, 4) is 0 Å². The van der Waals surface area contributed by atoms with E-state index in [2.05, 4.69) is 20.9 Å². The monoisotopic (exact) mass is 309 g/mol. The van der Waals surface area contributed by atoms with E-state index in [-0.39, 0.29) is 11.1 Å². The lowest BCUT2D eigenvalue weighted by Gasteiger charge is -2.08. The van der Waals surface area contributed by atoms with Gasteiger partial charge in [-0.2, -0.15) is 0 Å². The number of halogens is 1. The maximum Gasteiger partial charge on any atom is 0.267 e. The molecule has 0 fully saturated rings. The van der Waals surface area contributed by atoms with Crippen LogP contribution >= 0.6 is 15.9 Å². The van der Waals surface area contributed by atoms with Crippen LogP contribution in [0.2, 0.25) is 0 Å². The van der Waals surface area contributed by atoms with Gasteiger partial charge in [0.05, 0.1) is 12.0 Å². The van der Waals surface area contributed by atoms with Gasteiger partial charge < -0.3 is 4.57 Å². The Bertz CT molecular complexity index is 676. The minimum atomic E-state index is -0.133. The number of aryl methyl sites for hydroxylation is 3. The summed E-state index contributed by atoms with van der Waals surface area (Å²) in [6, 6.07) is 4.97. The smallest absolute Gasteiger partial charge is 0.267 e. The first kappa shape index (κ1) is 12.8.